The van der Waals surface area contributed by atoms with Crippen molar-refractivity contribution < 1.29 is 19.8 Å². The van der Waals surface area contributed by atoms with Crippen molar-refractivity contribution in [3.63, 3.8) is 0 Å². The molecule has 262 valence electrons. The van der Waals surface area contributed by atoms with Crippen molar-refractivity contribution in [2.45, 2.75) is 232 Å². The highest BCUT2D eigenvalue weighted by atomic mass is 16.4. The van der Waals surface area contributed by atoms with Gasteiger partial charge in [-0.05, 0) is 12.8 Å². The second-order valence-corrected chi connectivity index (χ2v) is 14.0. The van der Waals surface area contributed by atoms with Crippen LogP contribution in [-0.2, 0) is 9.59 Å². The number of aliphatic carboxylic acids is 2. The summed E-state index contributed by atoms with van der Waals surface area (Å²) < 4.78 is 0. The first-order chi connectivity index (χ1) is 21.5. The van der Waals surface area contributed by atoms with E-state index in [0.717, 1.165) is 38.5 Å². The fourth-order valence-electron chi connectivity index (χ4n) is 6.79. The SMILES string of the molecule is CCCCCCCCCCCCCCCCCCC(C(=O)[O-])C(CCCCCCCCCCCCCCCCCC)C(=O)[O-]. The maximum absolute atomic E-state index is 11.8. The number of hydrogen-bond donors (Lipinski definition) is 0. The monoisotopic (exact) mass is 621 g/mol. The summed E-state index contributed by atoms with van der Waals surface area (Å²) in [7, 11) is 0. The van der Waals surface area contributed by atoms with Crippen LogP contribution in [0.15, 0.2) is 0 Å². The summed E-state index contributed by atoms with van der Waals surface area (Å²) in [5.41, 5.74) is 0. The van der Waals surface area contributed by atoms with Crippen molar-refractivity contribution in [3.8, 4) is 0 Å². The Labute approximate surface area is 275 Å². The van der Waals surface area contributed by atoms with Crippen LogP contribution in [-0.4, -0.2) is 11.9 Å². The molecule has 2 atom stereocenters. The topological polar surface area (TPSA) is 80.3 Å². The Bertz CT molecular complexity index is 552. The molecule has 0 saturated heterocycles. The van der Waals surface area contributed by atoms with E-state index in [2.05, 4.69) is 13.8 Å². The molecule has 4 nitrogen and oxygen atoms in total. The van der Waals surface area contributed by atoms with E-state index in [9.17, 15) is 19.8 Å². The fraction of sp³-hybridized carbons (Fsp3) is 0.950. The summed E-state index contributed by atoms with van der Waals surface area (Å²) in [4.78, 5) is 23.6. The molecule has 0 N–H and O–H groups in total. The van der Waals surface area contributed by atoms with E-state index in [-0.39, 0.29) is 0 Å². The third-order valence-electron chi connectivity index (χ3n) is 9.83. The van der Waals surface area contributed by atoms with E-state index in [1.54, 1.807) is 0 Å². The van der Waals surface area contributed by atoms with Gasteiger partial charge in [0.2, 0.25) is 0 Å². The Morgan fingerprint density at radius 1 is 0.318 bits per heavy atom. The molecule has 0 aromatic rings. The minimum Gasteiger partial charge on any atom is -0.550 e. The fourth-order valence-corrected chi connectivity index (χ4v) is 6.79. The predicted octanol–water partition coefficient (Wildman–Crippen LogP) is 11.0. The molecular weight excluding hydrogens is 544 g/mol. The predicted molar refractivity (Wildman–Crippen MR) is 185 cm³/mol. The first kappa shape index (κ1) is 42.9. The highest BCUT2D eigenvalue weighted by Crippen LogP contribution is 2.25. The largest absolute Gasteiger partial charge is 0.550 e. The van der Waals surface area contributed by atoms with E-state index in [0.29, 0.717) is 12.8 Å². The Balaban J connectivity index is 3.75. The molecule has 0 amide bonds. The van der Waals surface area contributed by atoms with Crippen molar-refractivity contribution in [2.24, 2.45) is 11.8 Å². The average molecular weight is 621 g/mol. The lowest BCUT2D eigenvalue weighted by Crippen LogP contribution is -2.44. The molecule has 0 radical (unpaired) electrons. The number of carbonyl (C=O) groups is 2. The van der Waals surface area contributed by atoms with Gasteiger partial charge in [0, 0.05) is 23.8 Å². The van der Waals surface area contributed by atoms with Crippen LogP contribution in [0.4, 0.5) is 0 Å². The quantitative estimate of drug-likeness (QED) is 0.0647. The maximum Gasteiger partial charge on any atom is 0.0451 e. The van der Waals surface area contributed by atoms with Gasteiger partial charge in [0.05, 0.1) is 0 Å². The van der Waals surface area contributed by atoms with Gasteiger partial charge >= 0.3 is 0 Å². The van der Waals surface area contributed by atoms with Crippen LogP contribution in [0.3, 0.4) is 0 Å². The normalized spacial score (nSPS) is 12.9. The summed E-state index contributed by atoms with van der Waals surface area (Å²) in [6.45, 7) is 4.54. The lowest BCUT2D eigenvalue weighted by molar-refractivity contribution is -0.327. The molecule has 0 heterocycles. The van der Waals surface area contributed by atoms with E-state index in [1.165, 1.54) is 167 Å². The van der Waals surface area contributed by atoms with Crippen LogP contribution in [0.1, 0.15) is 232 Å². The first-order valence-corrected chi connectivity index (χ1v) is 20.0. The number of carboxylic acid groups (broad SMARTS) is 2. The van der Waals surface area contributed by atoms with Gasteiger partial charge in [-0.15, -0.1) is 0 Å². The third kappa shape index (κ3) is 29.6. The van der Waals surface area contributed by atoms with Crippen molar-refractivity contribution in [1.29, 1.82) is 0 Å². The van der Waals surface area contributed by atoms with Gasteiger partial charge in [0.25, 0.3) is 0 Å². The van der Waals surface area contributed by atoms with Crippen molar-refractivity contribution in [1.82, 2.24) is 0 Å². The van der Waals surface area contributed by atoms with Crippen LogP contribution in [0, 0.1) is 11.8 Å². The van der Waals surface area contributed by atoms with Gasteiger partial charge in [0.1, 0.15) is 0 Å². The molecule has 0 spiro atoms. The highest BCUT2D eigenvalue weighted by Gasteiger charge is 2.23. The zero-order valence-corrected chi connectivity index (χ0v) is 29.8. The standard InChI is InChI=1S/C40H78O4/c1-3-5-7-9-11-13-15-17-19-21-23-25-27-29-31-33-35-37(39(41)42)38(40(43)44)36-34-32-30-28-26-24-22-20-18-16-14-12-10-8-6-4-2/h37-38H,3-36H2,1-2H3,(H,41,42)(H,43,44)/p-2. The Hall–Kier alpha value is -1.06. The molecule has 44 heavy (non-hydrogen) atoms. The van der Waals surface area contributed by atoms with Crippen molar-refractivity contribution >= 4 is 11.9 Å². The number of carboxylic acids is 2. The number of carbonyl (C=O) groups excluding carboxylic acids is 2. The lowest BCUT2D eigenvalue weighted by Gasteiger charge is -2.29. The molecule has 0 aliphatic carbocycles. The van der Waals surface area contributed by atoms with Crippen LogP contribution in [0.25, 0.3) is 0 Å². The molecule has 0 aliphatic rings. The van der Waals surface area contributed by atoms with Crippen molar-refractivity contribution in [2.75, 3.05) is 0 Å². The van der Waals surface area contributed by atoms with E-state index in [4.69, 9.17) is 0 Å². The summed E-state index contributed by atoms with van der Waals surface area (Å²) >= 11 is 0. The average Bonchev–Trinajstić information content (AvgIpc) is 3.00. The van der Waals surface area contributed by atoms with E-state index < -0.39 is 23.8 Å². The second-order valence-electron chi connectivity index (χ2n) is 14.0. The number of hydrogen-bond acceptors (Lipinski definition) is 4. The van der Waals surface area contributed by atoms with Crippen LogP contribution >= 0.6 is 0 Å². The summed E-state index contributed by atoms with van der Waals surface area (Å²) in [6, 6.07) is 0. The molecule has 2 unspecified atom stereocenters. The molecule has 0 aliphatic heterocycles. The first-order valence-electron chi connectivity index (χ1n) is 20.0. The number of rotatable bonds is 37. The van der Waals surface area contributed by atoms with E-state index in [1.807, 2.05) is 0 Å². The van der Waals surface area contributed by atoms with Gasteiger partial charge in [-0.25, -0.2) is 0 Å². The molecule has 0 saturated carbocycles. The molecule has 4 heteroatoms. The van der Waals surface area contributed by atoms with Gasteiger partial charge < -0.3 is 19.8 Å². The molecule has 0 bridgehead atoms. The van der Waals surface area contributed by atoms with E-state index >= 15 is 0 Å². The van der Waals surface area contributed by atoms with Gasteiger partial charge in [-0.3, -0.25) is 0 Å². The summed E-state index contributed by atoms with van der Waals surface area (Å²) in [5.74, 6) is -4.25. The third-order valence-corrected chi connectivity index (χ3v) is 9.83. The molecule has 0 rings (SSSR count). The zero-order chi connectivity index (χ0) is 32.4. The van der Waals surface area contributed by atoms with Gasteiger partial charge in [-0.1, -0.05) is 219 Å². The maximum atomic E-state index is 11.8. The van der Waals surface area contributed by atoms with Crippen LogP contribution < -0.4 is 10.2 Å². The van der Waals surface area contributed by atoms with Crippen LogP contribution in [0.2, 0.25) is 0 Å². The Morgan fingerprint density at radius 3 is 0.636 bits per heavy atom. The Morgan fingerprint density at radius 2 is 0.477 bits per heavy atom. The second kappa shape index (κ2) is 34.8. The minimum absolute atomic E-state index is 0.401. The number of unbranched alkanes of at least 4 members (excludes halogenated alkanes) is 30. The van der Waals surface area contributed by atoms with Gasteiger partial charge in [0.15, 0.2) is 0 Å². The smallest absolute Gasteiger partial charge is 0.0451 e. The summed E-state index contributed by atoms with van der Waals surface area (Å²) in [6.07, 6.45) is 41.5. The molecule has 0 aromatic carbocycles. The molecule has 0 fully saturated rings. The minimum atomic E-state index is -1.21. The summed E-state index contributed by atoms with van der Waals surface area (Å²) in [5, 5.41) is 23.6. The van der Waals surface area contributed by atoms with Gasteiger partial charge in [-0.2, -0.15) is 0 Å². The highest BCUT2D eigenvalue weighted by molar-refractivity contribution is 5.77. The molecular formula is C40H76O4-2. The lowest BCUT2D eigenvalue weighted by atomic mass is 9.84. The van der Waals surface area contributed by atoms with Crippen molar-refractivity contribution in [3.05, 3.63) is 0 Å². The van der Waals surface area contributed by atoms with Crippen LogP contribution in [0.5, 0.6) is 0 Å². The molecule has 0 aromatic heterocycles. The Kier molecular flexibility index (Phi) is 34.0. The zero-order valence-electron chi connectivity index (χ0n) is 29.8.